The third-order valence-corrected chi connectivity index (χ3v) is 5.60. The molecular formula is C26H23BrN2O2. The topological polar surface area (TPSA) is 55.1 Å². The largest absolute Gasteiger partial charge is 0.436 e. The number of aromatic nitrogens is 1. The highest BCUT2D eigenvalue weighted by molar-refractivity contribution is 9.10. The number of hydrogen-bond donors (Lipinski definition) is 1. The molecule has 1 N–H and O–H groups in total. The van der Waals surface area contributed by atoms with E-state index in [4.69, 9.17) is 4.42 Å². The first-order valence-electron chi connectivity index (χ1n) is 10.4. The van der Waals surface area contributed by atoms with Crippen LogP contribution in [0.2, 0.25) is 0 Å². The lowest BCUT2D eigenvalue weighted by Crippen LogP contribution is -2.13. The predicted octanol–water partition coefficient (Wildman–Crippen LogP) is 7.37. The fraction of sp³-hybridized carbons (Fsp3) is 0.154. The second kappa shape index (κ2) is 9.75. The highest BCUT2D eigenvalue weighted by Crippen LogP contribution is 2.29. The fourth-order valence-corrected chi connectivity index (χ4v) is 3.61. The van der Waals surface area contributed by atoms with Crippen molar-refractivity contribution in [2.45, 2.75) is 26.2 Å². The number of nitrogens with one attached hydrogen (secondary N) is 1. The number of benzene rings is 3. The first-order chi connectivity index (χ1) is 15.1. The van der Waals surface area contributed by atoms with Crippen molar-refractivity contribution in [1.29, 1.82) is 0 Å². The van der Waals surface area contributed by atoms with Crippen molar-refractivity contribution in [3.8, 4) is 22.8 Å². The predicted molar refractivity (Wildman–Crippen MR) is 128 cm³/mol. The van der Waals surface area contributed by atoms with E-state index >= 15 is 0 Å². The zero-order chi connectivity index (χ0) is 21.6. The van der Waals surface area contributed by atoms with E-state index in [0.29, 0.717) is 22.8 Å². The Hall–Kier alpha value is -3.18. The van der Waals surface area contributed by atoms with Gasteiger partial charge in [-0.05, 0) is 54.8 Å². The molecule has 0 aliphatic heterocycles. The molecule has 0 spiro atoms. The molecule has 0 fully saturated rings. The van der Waals surface area contributed by atoms with Crippen LogP contribution >= 0.6 is 15.9 Å². The molecule has 3 aromatic carbocycles. The van der Waals surface area contributed by atoms with Gasteiger partial charge in [0.25, 0.3) is 5.91 Å². The van der Waals surface area contributed by atoms with Gasteiger partial charge < -0.3 is 9.73 Å². The Bertz CT molecular complexity index is 1160. The number of aryl methyl sites for hydroxylation is 1. The van der Waals surface area contributed by atoms with Crippen molar-refractivity contribution in [3.05, 3.63) is 94.6 Å². The molecule has 0 aliphatic rings. The van der Waals surface area contributed by atoms with Crippen molar-refractivity contribution < 1.29 is 9.21 Å². The molecule has 0 radical (unpaired) electrons. The quantitative estimate of drug-likeness (QED) is 0.304. The molecule has 0 saturated heterocycles. The average Bonchev–Trinajstić information content (AvgIpc) is 3.29. The monoisotopic (exact) mass is 474 g/mol. The van der Waals surface area contributed by atoms with Gasteiger partial charge in [0.05, 0.1) is 11.8 Å². The van der Waals surface area contributed by atoms with E-state index in [0.717, 1.165) is 28.6 Å². The lowest BCUT2D eigenvalue weighted by atomic mass is 10.1. The maximum absolute atomic E-state index is 13.0. The van der Waals surface area contributed by atoms with Crippen LogP contribution in [0.5, 0.6) is 0 Å². The van der Waals surface area contributed by atoms with Gasteiger partial charge in [-0.25, -0.2) is 4.98 Å². The summed E-state index contributed by atoms with van der Waals surface area (Å²) in [6.07, 6.45) is 5.07. The molecule has 0 unspecified atom stereocenters. The first-order valence-corrected chi connectivity index (χ1v) is 11.1. The molecule has 0 atom stereocenters. The molecule has 4 aromatic rings. The van der Waals surface area contributed by atoms with Gasteiger partial charge in [-0.2, -0.15) is 0 Å². The number of hydrogen-bond acceptors (Lipinski definition) is 3. The van der Waals surface area contributed by atoms with Gasteiger partial charge in [-0.15, -0.1) is 0 Å². The maximum atomic E-state index is 13.0. The number of halogens is 1. The summed E-state index contributed by atoms with van der Waals surface area (Å²) >= 11 is 3.44. The normalized spacial score (nSPS) is 10.8. The van der Waals surface area contributed by atoms with E-state index in [1.54, 1.807) is 12.3 Å². The summed E-state index contributed by atoms with van der Waals surface area (Å²) in [7, 11) is 0. The second-order valence-corrected chi connectivity index (χ2v) is 8.25. The van der Waals surface area contributed by atoms with Crippen LogP contribution < -0.4 is 5.32 Å². The molecule has 1 aromatic heterocycles. The Labute approximate surface area is 190 Å². The van der Waals surface area contributed by atoms with Gasteiger partial charge in [-0.3, -0.25) is 4.79 Å². The van der Waals surface area contributed by atoms with Crippen molar-refractivity contribution in [1.82, 2.24) is 4.98 Å². The van der Waals surface area contributed by atoms with Gasteiger partial charge in [0, 0.05) is 21.3 Å². The summed E-state index contributed by atoms with van der Waals surface area (Å²) in [6.45, 7) is 2.18. The third-order valence-electron chi connectivity index (χ3n) is 5.07. The van der Waals surface area contributed by atoms with Crippen LogP contribution in [-0.2, 0) is 6.42 Å². The summed E-state index contributed by atoms with van der Waals surface area (Å²) in [6, 6.07) is 23.2. The van der Waals surface area contributed by atoms with Crippen LogP contribution in [0.4, 0.5) is 5.69 Å². The number of carbonyl (C=O) groups is 1. The Morgan fingerprint density at radius 3 is 2.48 bits per heavy atom. The second-order valence-electron chi connectivity index (χ2n) is 7.34. The standard InChI is InChI=1S/C26H23BrN2O2/c1-2-3-6-18-9-15-21(16-10-18)29-25(30)22-7-4-5-8-23(22)26-28-17-24(31-26)19-11-13-20(27)14-12-19/h4-5,7-17H,2-3,6H2,1H3,(H,29,30). The van der Waals surface area contributed by atoms with E-state index < -0.39 is 0 Å². The number of rotatable bonds is 7. The summed E-state index contributed by atoms with van der Waals surface area (Å²) in [5, 5.41) is 2.98. The van der Waals surface area contributed by atoms with Gasteiger partial charge in [-0.1, -0.05) is 65.7 Å². The molecule has 1 heterocycles. The van der Waals surface area contributed by atoms with E-state index in [9.17, 15) is 4.79 Å². The van der Waals surface area contributed by atoms with E-state index in [-0.39, 0.29) is 5.91 Å². The highest BCUT2D eigenvalue weighted by Gasteiger charge is 2.17. The summed E-state index contributed by atoms with van der Waals surface area (Å²) < 4.78 is 6.98. The van der Waals surface area contributed by atoms with Crippen molar-refractivity contribution in [2.24, 2.45) is 0 Å². The average molecular weight is 475 g/mol. The van der Waals surface area contributed by atoms with Gasteiger partial charge in [0.1, 0.15) is 0 Å². The van der Waals surface area contributed by atoms with Crippen LogP contribution in [-0.4, -0.2) is 10.9 Å². The first kappa shape index (κ1) is 21.1. The van der Waals surface area contributed by atoms with Gasteiger partial charge >= 0.3 is 0 Å². The number of anilines is 1. The molecule has 1 amide bonds. The number of oxazole rings is 1. The minimum Gasteiger partial charge on any atom is -0.436 e. The summed E-state index contributed by atoms with van der Waals surface area (Å²) in [5.41, 5.74) is 4.14. The van der Waals surface area contributed by atoms with Crippen molar-refractivity contribution in [3.63, 3.8) is 0 Å². The smallest absolute Gasteiger partial charge is 0.256 e. The molecular weight excluding hydrogens is 452 g/mol. The Kier molecular flexibility index (Phi) is 6.63. The number of amides is 1. The zero-order valence-electron chi connectivity index (χ0n) is 17.3. The molecule has 0 aliphatic carbocycles. The van der Waals surface area contributed by atoms with Crippen LogP contribution in [0.3, 0.4) is 0 Å². The van der Waals surface area contributed by atoms with E-state index in [1.165, 1.54) is 12.0 Å². The molecule has 0 bridgehead atoms. The highest BCUT2D eigenvalue weighted by atomic mass is 79.9. The van der Waals surface area contributed by atoms with Crippen molar-refractivity contribution in [2.75, 3.05) is 5.32 Å². The van der Waals surface area contributed by atoms with Gasteiger partial charge in [0.15, 0.2) is 5.76 Å². The summed E-state index contributed by atoms with van der Waals surface area (Å²) in [5.74, 6) is 0.874. The Morgan fingerprint density at radius 1 is 1.00 bits per heavy atom. The Morgan fingerprint density at radius 2 is 1.74 bits per heavy atom. The number of nitrogens with zero attached hydrogens (tertiary/aromatic N) is 1. The molecule has 4 nitrogen and oxygen atoms in total. The maximum Gasteiger partial charge on any atom is 0.256 e. The molecule has 31 heavy (non-hydrogen) atoms. The van der Waals surface area contributed by atoms with Crippen LogP contribution in [0, 0.1) is 0 Å². The fourth-order valence-electron chi connectivity index (χ4n) is 3.35. The zero-order valence-corrected chi connectivity index (χ0v) is 18.9. The lowest BCUT2D eigenvalue weighted by Gasteiger charge is -2.09. The molecule has 5 heteroatoms. The minimum atomic E-state index is -0.194. The SMILES string of the molecule is CCCCc1ccc(NC(=O)c2ccccc2-c2ncc(-c3ccc(Br)cc3)o2)cc1. The molecule has 156 valence electrons. The molecule has 0 saturated carbocycles. The van der Waals surface area contributed by atoms with Crippen LogP contribution in [0.15, 0.2) is 87.9 Å². The molecule has 4 rings (SSSR count). The minimum absolute atomic E-state index is 0.194. The van der Waals surface area contributed by atoms with Crippen molar-refractivity contribution >= 4 is 27.5 Å². The summed E-state index contributed by atoms with van der Waals surface area (Å²) in [4.78, 5) is 17.4. The third kappa shape index (κ3) is 5.12. The van der Waals surface area contributed by atoms with Gasteiger partial charge in [0.2, 0.25) is 5.89 Å². The van der Waals surface area contributed by atoms with E-state index in [1.807, 2.05) is 54.6 Å². The lowest BCUT2D eigenvalue weighted by molar-refractivity contribution is 0.102. The Balaban J connectivity index is 1.54. The number of carbonyl (C=O) groups excluding carboxylic acids is 1. The van der Waals surface area contributed by atoms with Crippen LogP contribution in [0.1, 0.15) is 35.7 Å². The van der Waals surface area contributed by atoms with Crippen LogP contribution in [0.25, 0.3) is 22.8 Å². The number of unbranched alkanes of at least 4 members (excludes halogenated alkanes) is 1. The van der Waals surface area contributed by atoms with E-state index in [2.05, 4.69) is 45.3 Å².